The van der Waals surface area contributed by atoms with Gasteiger partial charge in [-0.25, -0.2) is 6.57 Å². The van der Waals surface area contributed by atoms with Crippen molar-refractivity contribution < 1.29 is 9.59 Å². The van der Waals surface area contributed by atoms with Gasteiger partial charge in [0.05, 0.1) is 17.4 Å². The largest absolute Gasteiger partial charge is 0.328 e. The van der Waals surface area contributed by atoms with Gasteiger partial charge < -0.3 is 4.90 Å². The summed E-state index contributed by atoms with van der Waals surface area (Å²) in [6.45, 7) is 17.7. The van der Waals surface area contributed by atoms with Crippen LogP contribution in [0.25, 0.3) is 4.85 Å². The Hall–Kier alpha value is -2.38. The van der Waals surface area contributed by atoms with Crippen molar-refractivity contribution in [1.82, 2.24) is 0 Å². The standard InChI is InChI=1S/C22H21ClN2O2/c1-7-21(4)15(23)11-13-18(26)22(21,24-5)12-9-8-10-14-16(12)17(20(13,2)3)19(27)25(14)6/h7-11,13,17H,1H2,2-4,6H3/t13-,17-,21-,22-/m1/s1. The topological polar surface area (TPSA) is 41.7 Å². The molecule has 1 heterocycles. The third kappa shape index (κ3) is 1.70. The molecule has 4 rings (SSSR count). The Morgan fingerprint density at radius 3 is 2.56 bits per heavy atom. The normalized spacial score (nSPS) is 35.9. The van der Waals surface area contributed by atoms with Crippen LogP contribution in [0.4, 0.5) is 5.69 Å². The molecule has 0 N–H and O–H groups in total. The van der Waals surface area contributed by atoms with Crippen molar-refractivity contribution in [1.29, 1.82) is 0 Å². The van der Waals surface area contributed by atoms with Gasteiger partial charge in [-0.05, 0) is 24.5 Å². The molecule has 0 saturated carbocycles. The third-order valence-electron chi connectivity index (χ3n) is 7.02. The summed E-state index contributed by atoms with van der Waals surface area (Å²) >= 11 is 6.70. The number of carbonyl (C=O) groups is 2. The maximum atomic E-state index is 13.9. The molecule has 4 nitrogen and oxygen atoms in total. The average molecular weight is 381 g/mol. The van der Waals surface area contributed by atoms with Crippen molar-refractivity contribution in [3.63, 3.8) is 0 Å². The number of likely N-dealkylation sites (N-methyl/N-ethyl adjacent to an activating group) is 1. The number of hydrogen-bond acceptors (Lipinski definition) is 2. The second-order valence-electron chi connectivity index (χ2n) is 8.48. The Morgan fingerprint density at radius 2 is 1.96 bits per heavy atom. The van der Waals surface area contributed by atoms with E-state index in [0.29, 0.717) is 10.6 Å². The molecule has 27 heavy (non-hydrogen) atoms. The van der Waals surface area contributed by atoms with E-state index in [0.717, 1.165) is 11.3 Å². The Balaban J connectivity index is 2.26. The zero-order valence-corrected chi connectivity index (χ0v) is 16.6. The molecule has 138 valence electrons. The maximum absolute atomic E-state index is 13.9. The first-order valence-corrected chi connectivity index (χ1v) is 9.32. The third-order valence-corrected chi connectivity index (χ3v) is 7.54. The van der Waals surface area contributed by atoms with Crippen molar-refractivity contribution in [3.8, 4) is 0 Å². The number of hydrogen-bond donors (Lipinski definition) is 0. The summed E-state index contributed by atoms with van der Waals surface area (Å²) in [5.41, 5.74) is -1.16. The molecule has 1 amide bonds. The molecule has 1 aromatic rings. The zero-order chi connectivity index (χ0) is 19.9. The lowest BCUT2D eigenvalue weighted by Crippen LogP contribution is -2.54. The molecule has 2 aliphatic carbocycles. The summed E-state index contributed by atoms with van der Waals surface area (Å²) < 4.78 is 0. The smallest absolute Gasteiger partial charge is 0.315 e. The fourth-order valence-electron chi connectivity index (χ4n) is 5.26. The average Bonchev–Trinajstić information content (AvgIpc) is 2.88. The molecule has 3 aliphatic rings. The van der Waals surface area contributed by atoms with Crippen LogP contribution in [0.3, 0.4) is 0 Å². The summed E-state index contributed by atoms with van der Waals surface area (Å²) in [6.07, 6.45) is 3.34. The molecular weight excluding hydrogens is 360 g/mol. The minimum atomic E-state index is -1.53. The SMILES string of the molecule is [C-]#[N+][C@]12C(=O)[C@@H](C=C(Cl)[C@@]1(C)C=C)C(C)(C)[C@H]1C(=O)N(C)c3cccc2c31. The van der Waals surface area contributed by atoms with Crippen LogP contribution in [-0.2, 0) is 15.1 Å². The van der Waals surface area contributed by atoms with Crippen molar-refractivity contribution in [2.45, 2.75) is 32.2 Å². The van der Waals surface area contributed by atoms with Crippen LogP contribution < -0.4 is 4.90 Å². The quantitative estimate of drug-likeness (QED) is 0.534. The van der Waals surface area contributed by atoms with E-state index in [1.165, 1.54) is 0 Å². The molecule has 5 heteroatoms. The number of Topliss-reactive ketones (excluding diaryl/α,β-unsaturated/α-hetero) is 1. The molecular formula is C22H21ClN2O2. The number of halogens is 1. The van der Waals surface area contributed by atoms with Crippen LogP contribution in [0, 0.1) is 23.3 Å². The van der Waals surface area contributed by atoms with Crippen LogP contribution in [0.15, 0.2) is 42.0 Å². The highest BCUT2D eigenvalue weighted by Crippen LogP contribution is 2.65. The minimum absolute atomic E-state index is 0.0484. The monoisotopic (exact) mass is 380 g/mol. The van der Waals surface area contributed by atoms with Gasteiger partial charge in [0.2, 0.25) is 11.7 Å². The van der Waals surface area contributed by atoms with Gasteiger partial charge in [-0.15, -0.1) is 6.58 Å². The molecule has 0 aromatic heterocycles. The summed E-state index contributed by atoms with van der Waals surface area (Å²) in [4.78, 5) is 32.7. The van der Waals surface area contributed by atoms with Gasteiger partial charge >= 0.3 is 5.54 Å². The molecule has 0 fully saturated rings. The number of carbonyl (C=O) groups excluding carboxylic acids is 2. The number of ketones is 1. The molecule has 0 radical (unpaired) electrons. The lowest BCUT2D eigenvalue weighted by atomic mass is 9.57. The zero-order valence-electron chi connectivity index (χ0n) is 15.8. The van der Waals surface area contributed by atoms with E-state index < -0.39 is 28.2 Å². The Morgan fingerprint density at radius 1 is 1.30 bits per heavy atom. The predicted octanol–water partition coefficient (Wildman–Crippen LogP) is 4.41. The molecule has 0 unspecified atom stereocenters. The van der Waals surface area contributed by atoms with Crippen molar-refractivity contribution in [3.05, 3.63) is 64.5 Å². The highest BCUT2D eigenvalue weighted by molar-refractivity contribution is 6.32. The Kier molecular flexibility index (Phi) is 3.41. The Bertz CT molecular complexity index is 1000. The second kappa shape index (κ2) is 5.11. The number of amides is 1. The second-order valence-corrected chi connectivity index (χ2v) is 8.88. The summed E-state index contributed by atoms with van der Waals surface area (Å²) in [5, 5.41) is 0.435. The van der Waals surface area contributed by atoms with Crippen molar-refractivity contribution in [2.75, 3.05) is 11.9 Å². The Labute approximate surface area is 164 Å². The summed E-state index contributed by atoms with van der Waals surface area (Å²) in [6, 6.07) is 5.50. The number of allylic oxidation sites excluding steroid dienone is 1. The maximum Gasteiger partial charge on any atom is 0.328 e. The van der Waals surface area contributed by atoms with Crippen LogP contribution in [0.1, 0.15) is 37.8 Å². The van der Waals surface area contributed by atoms with Crippen LogP contribution in [0.5, 0.6) is 0 Å². The van der Waals surface area contributed by atoms with Gasteiger partial charge in [-0.3, -0.25) is 14.4 Å². The number of benzene rings is 1. The van der Waals surface area contributed by atoms with Crippen LogP contribution in [0.2, 0.25) is 0 Å². The fraction of sp³-hybridized carbons (Fsp3) is 0.409. The first-order valence-electron chi connectivity index (χ1n) is 8.95. The van der Waals surface area contributed by atoms with E-state index in [-0.39, 0.29) is 11.7 Å². The van der Waals surface area contributed by atoms with E-state index in [2.05, 4.69) is 11.4 Å². The van der Waals surface area contributed by atoms with Crippen LogP contribution >= 0.6 is 11.6 Å². The molecule has 0 saturated heterocycles. The molecule has 0 spiro atoms. The lowest BCUT2D eigenvalue weighted by molar-refractivity contribution is -0.133. The van der Waals surface area contributed by atoms with E-state index in [1.807, 2.05) is 32.0 Å². The van der Waals surface area contributed by atoms with Gasteiger partial charge in [-0.1, -0.05) is 43.7 Å². The predicted molar refractivity (Wildman–Crippen MR) is 105 cm³/mol. The van der Waals surface area contributed by atoms with E-state index in [1.54, 1.807) is 31.0 Å². The van der Waals surface area contributed by atoms with Gasteiger partial charge in [-0.2, -0.15) is 0 Å². The van der Waals surface area contributed by atoms with Gasteiger partial charge in [0.25, 0.3) is 0 Å². The van der Waals surface area contributed by atoms with Gasteiger partial charge in [0.1, 0.15) is 5.41 Å². The highest BCUT2D eigenvalue weighted by atomic mass is 35.5. The first kappa shape index (κ1) is 18.0. The molecule has 1 aliphatic heterocycles. The molecule has 4 atom stereocenters. The first-order chi connectivity index (χ1) is 12.6. The van der Waals surface area contributed by atoms with Gasteiger partial charge in [0, 0.05) is 23.3 Å². The number of rotatable bonds is 1. The van der Waals surface area contributed by atoms with E-state index >= 15 is 0 Å². The lowest BCUT2D eigenvalue weighted by Gasteiger charge is -2.43. The van der Waals surface area contributed by atoms with Crippen LogP contribution in [-0.4, -0.2) is 18.7 Å². The number of fused-ring (bicyclic) bond motifs is 3. The van der Waals surface area contributed by atoms with E-state index in [9.17, 15) is 9.59 Å². The molecule has 2 bridgehead atoms. The van der Waals surface area contributed by atoms with Gasteiger partial charge in [0.15, 0.2) is 0 Å². The highest BCUT2D eigenvalue weighted by Gasteiger charge is 2.72. The fourth-order valence-corrected chi connectivity index (χ4v) is 5.60. The van der Waals surface area contributed by atoms with E-state index in [4.69, 9.17) is 18.2 Å². The number of nitrogens with zero attached hydrogens (tertiary/aromatic N) is 2. The molecule has 1 aromatic carbocycles. The van der Waals surface area contributed by atoms with Crippen molar-refractivity contribution >= 4 is 29.0 Å². The van der Waals surface area contributed by atoms with Crippen molar-refractivity contribution in [2.24, 2.45) is 16.7 Å². The summed E-state index contributed by atoms with van der Waals surface area (Å²) in [7, 11) is 1.75. The minimum Gasteiger partial charge on any atom is -0.315 e. The summed E-state index contributed by atoms with van der Waals surface area (Å²) in [5.74, 6) is -1.38. The number of anilines is 1.